The van der Waals surface area contributed by atoms with Gasteiger partial charge < -0.3 is 24.1 Å². The number of amides is 1. The highest BCUT2D eigenvalue weighted by atomic mass is 32.1. The molecule has 0 aliphatic carbocycles. The lowest BCUT2D eigenvalue weighted by Crippen LogP contribution is -2.18. The molecule has 0 fully saturated rings. The Labute approximate surface area is 194 Å². The maximum absolute atomic E-state index is 12.9. The van der Waals surface area contributed by atoms with Crippen LogP contribution in [0.4, 0.5) is 5.13 Å². The number of anilines is 1. The highest BCUT2D eigenvalue weighted by Crippen LogP contribution is 2.30. The molecule has 3 rings (SSSR count). The van der Waals surface area contributed by atoms with Crippen molar-refractivity contribution < 1.29 is 33.6 Å². The summed E-state index contributed by atoms with van der Waals surface area (Å²) in [6.07, 6.45) is -0.466. The predicted molar refractivity (Wildman–Crippen MR) is 123 cm³/mol. The SMILES string of the molecule is COC[C@H](C)Oc1cc(Oc2ccc(OC)cc2)cc(C(=O)Nc2nc(CC(=O)O)cs2)c1. The molecule has 1 atom stereocenters. The van der Waals surface area contributed by atoms with Crippen molar-refractivity contribution in [2.75, 3.05) is 26.1 Å². The monoisotopic (exact) mass is 472 g/mol. The number of hydrogen-bond donors (Lipinski definition) is 2. The van der Waals surface area contributed by atoms with Gasteiger partial charge >= 0.3 is 5.97 Å². The summed E-state index contributed by atoms with van der Waals surface area (Å²) < 4.78 is 22.1. The van der Waals surface area contributed by atoms with Gasteiger partial charge in [-0.3, -0.25) is 14.9 Å². The van der Waals surface area contributed by atoms with Gasteiger partial charge in [-0.05, 0) is 43.3 Å². The summed E-state index contributed by atoms with van der Waals surface area (Å²) in [6.45, 7) is 2.22. The minimum Gasteiger partial charge on any atom is -0.497 e. The minimum absolute atomic E-state index is 0.215. The molecule has 1 aromatic heterocycles. The summed E-state index contributed by atoms with van der Waals surface area (Å²) >= 11 is 1.15. The number of nitrogens with zero attached hydrogens (tertiary/aromatic N) is 1. The second kappa shape index (κ2) is 11.3. The zero-order chi connectivity index (χ0) is 23.8. The van der Waals surface area contributed by atoms with Gasteiger partial charge in [0, 0.05) is 24.1 Å². The quantitative estimate of drug-likeness (QED) is 0.426. The lowest BCUT2D eigenvalue weighted by molar-refractivity contribution is -0.136. The molecule has 0 saturated carbocycles. The summed E-state index contributed by atoms with van der Waals surface area (Å²) in [5.74, 6) is 0.657. The molecule has 0 bridgehead atoms. The molecule has 0 radical (unpaired) electrons. The van der Waals surface area contributed by atoms with E-state index in [0.717, 1.165) is 11.3 Å². The van der Waals surface area contributed by atoms with Crippen LogP contribution in [0.1, 0.15) is 23.0 Å². The van der Waals surface area contributed by atoms with Crippen molar-refractivity contribution in [1.82, 2.24) is 4.98 Å². The Morgan fingerprint density at radius 2 is 1.76 bits per heavy atom. The first-order valence-corrected chi connectivity index (χ1v) is 10.8. The number of benzene rings is 2. The molecule has 2 N–H and O–H groups in total. The number of aromatic nitrogens is 1. The fourth-order valence-corrected chi connectivity index (χ4v) is 3.59. The van der Waals surface area contributed by atoms with Crippen molar-refractivity contribution in [3.8, 4) is 23.0 Å². The molecule has 1 amide bonds. The standard InChI is InChI=1S/C23H24N2O7S/c1-14(12-29-2)31-19-8-15(22(28)25-23-24-16(13-33-23)10-21(26)27)9-20(11-19)32-18-6-4-17(30-3)5-7-18/h4-9,11,13-14H,10,12H2,1-3H3,(H,26,27)(H,24,25,28)/t14-/m0/s1. The van der Waals surface area contributed by atoms with Crippen molar-refractivity contribution in [2.24, 2.45) is 0 Å². The third kappa shape index (κ3) is 7.19. The van der Waals surface area contributed by atoms with Crippen LogP contribution in [0.25, 0.3) is 0 Å². The minimum atomic E-state index is -0.992. The van der Waals surface area contributed by atoms with Gasteiger partial charge in [0.25, 0.3) is 5.91 Å². The van der Waals surface area contributed by atoms with Gasteiger partial charge in [0.2, 0.25) is 0 Å². The van der Waals surface area contributed by atoms with Crippen LogP contribution < -0.4 is 19.5 Å². The number of aliphatic carboxylic acids is 1. The van der Waals surface area contributed by atoms with Crippen LogP contribution in [0, 0.1) is 0 Å². The van der Waals surface area contributed by atoms with E-state index in [2.05, 4.69) is 10.3 Å². The summed E-state index contributed by atoms with van der Waals surface area (Å²) in [6, 6.07) is 11.9. The van der Waals surface area contributed by atoms with Gasteiger partial charge in [0.05, 0.1) is 25.8 Å². The third-order valence-electron chi connectivity index (χ3n) is 4.28. The second-order valence-corrected chi connectivity index (χ2v) is 7.88. The fourth-order valence-electron chi connectivity index (χ4n) is 2.88. The molecule has 9 nitrogen and oxygen atoms in total. The van der Waals surface area contributed by atoms with Gasteiger partial charge in [-0.15, -0.1) is 11.3 Å². The van der Waals surface area contributed by atoms with Crippen LogP contribution in [0.5, 0.6) is 23.0 Å². The Bertz CT molecular complexity index is 1100. The van der Waals surface area contributed by atoms with E-state index in [9.17, 15) is 9.59 Å². The maximum Gasteiger partial charge on any atom is 0.309 e. The Hall–Kier alpha value is -3.63. The molecule has 0 spiro atoms. The van der Waals surface area contributed by atoms with Gasteiger partial charge in [0.15, 0.2) is 5.13 Å². The Morgan fingerprint density at radius 1 is 1.06 bits per heavy atom. The number of carboxylic acids is 1. The van der Waals surface area contributed by atoms with Crippen molar-refractivity contribution >= 4 is 28.3 Å². The number of rotatable bonds is 11. The van der Waals surface area contributed by atoms with Crippen LogP contribution in [0.3, 0.4) is 0 Å². The molecule has 10 heteroatoms. The normalized spacial score (nSPS) is 11.5. The highest BCUT2D eigenvalue weighted by molar-refractivity contribution is 7.14. The molecule has 1 heterocycles. The smallest absolute Gasteiger partial charge is 0.309 e. The Morgan fingerprint density at radius 3 is 2.42 bits per heavy atom. The molecule has 0 aliphatic rings. The maximum atomic E-state index is 12.9. The number of hydrogen-bond acceptors (Lipinski definition) is 8. The van der Waals surface area contributed by atoms with Gasteiger partial charge in [-0.2, -0.15) is 0 Å². The number of ether oxygens (including phenoxy) is 4. The molecule has 3 aromatic rings. The van der Waals surface area contributed by atoms with E-state index in [4.69, 9.17) is 24.1 Å². The molecule has 174 valence electrons. The lowest BCUT2D eigenvalue weighted by Gasteiger charge is -2.16. The van der Waals surface area contributed by atoms with Crippen LogP contribution in [-0.2, 0) is 16.0 Å². The summed E-state index contributed by atoms with van der Waals surface area (Å²) in [5, 5.41) is 13.5. The molecule has 0 saturated heterocycles. The molecular weight excluding hydrogens is 448 g/mol. The van der Waals surface area contributed by atoms with Gasteiger partial charge in [-0.1, -0.05) is 0 Å². The Balaban J connectivity index is 1.83. The van der Waals surface area contributed by atoms with Crippen molar-refractivity contribution in [1.29, 1.82) is 0 Å². The summed E-state index contributed by atoms with van der Waals surface area (Å²) in [7, 11) is 3.16. The summed E-state index contributed by atoms with van der Waals surface area (Å²) in [4.78, 5) is 27.9. The average molecular weight is 473 g/mol. The molecule has 0 aliphatic heterocycles. The largest absolute Gasteiger partial charge is 0.497 e. The average Bonchev–Trinajstić information content (AvgIpc) is 3.20. The van der Waals surface area contributed by atoms with E-state index < -0.39 is 11.9 Å². The van der Waals surface area contributed by atoms with E-state index in [1.54, 1.807) is 62.1 Å². The highest BCUT2D eigenvalue weighted by Gasteiger charge is 2.15. The van der Waals surface area contributed by atoms with Crippen molar-refractivity contribution in [2.45, 2.75) is 19.4 Å². The molecular formula is C23H24N2O7S. The predicted octanol–water partition coefficient (Wildman–Crippen LogP) is 4.24. The van der Waals surface area contributed by atoms with E-state index in [0.29, 0.717) is 40.4 Å². The van der Waals surface area contributed by atoms with Crippen molar-refractivity contribution in [3.63, 3.8) is 0 Å². The molecule has 33 heavy (non-hydrogen) atoms. The molecule has 2 aromatic carbocycles. The fraction of sp³-hybridized carbons (Fsp3) is 0.261. The van der Waals surface area contributed by atoms with Gasteiger partial charge in [-0.25, -0.2) is 4.98 Å². The second-order valence-electron chi connectivity index (χ2n) is 7.02. The van der Waals surface area contributed by atoms with Gasteiger partial charge in [0.1, 0.15) is 29.1 Å². The van der Waals surface area contributed by atoms with Crippen LogP contribution in [0.15, 0.2) is 47.8 Å². The van der Waals surface area contributed by atoms with E-state index >= 15 is 0 Å². The van der Waals surface area contributed by atoms with Crippen LogP contribution >= 0.6 is 11.3 Å². The third-order valence-corrected chi connectivity index (χ3v) is 5.09. The van der Waals surface area contributed by atoms with E-state index in [-0.39, 0.29) is 18.1 Å². The first-order chi connectivity index (χ1) is 15.9. The first kappa shape index (κ1) is 24.0. The van der Waals surface area contributed by atoms with Crippen LogP contribution in [0.2, 0.25) is 0 Å². The van der Waals surface area contributed by atoms with Crippen molar-refractivity contribution in [3.05, 3.63) is 59.1 Å². The Kier molecular flexibility index (Phi) is 8.22. The zero-order valence-corrected chi connectivity index (χ0v) is 19.2. The number of methoxy groups -OCH3 is 2. The lowest BCUT2D eigenvalue weighted by atomic mass is 10.2. The first-order valence-electron chi connectivity index (χ1n) is 9.96. The van der Waals surface area contributed by atoms with E-state index in [1.807, 2.05) is 6.92 Å². The molecule has 0 unspecified atom stereocenters. The van der Waals surface area contributed by atoms with Crippen LogP contribution in [-0.4, -0.2) is 48.9 Å². The number of carbonyl (C=O) groups excluding carboxylic acids is 1. The number of thiazole rings is 1. The number of carboxylic acid groups (broad SMARTS) is 1. The number of nitrogens with one attached hydrogen (secondary N) is 1. The summed E-state index contributed by atoms with van der Waals surface area (Å²) in [5.41, 5.74) is 0.660. The topological polar surface area (TPSA) is 116 Å². The zero-order valence-electron chi connectivity index (χ0n) is 18.4. The van der Waals surface area contributed by atoms with E-state index in [1.165, 1.54) is 0 Å². The number of carbonyl (C=O) groups is 2.